The summed E-state index contributed by atoms with van der Waals surface area (Å²) in [4.78, 5) is 4.22. The normalized spacial score (nSPS) is 10.7. The molecule has 0 unspecified atom stereocenters. The van der Waals surface area contributed by atoms with Crippen molar-refractivity contribution in [2.75, 3.05) is 5.73 Å². The number of halogens is 1. The number of benzene rings is 1. The van der Waals surface area contributed by atoms with Gasteiger partial charge in [0.15, 0.2) is 5.82 Å². The van der Waals surface area contributed by atoms with Crippen LogP contribution in [0.4, 0.5) is 5.95 Å². The van der Waals surface area contributed by atoms with Crippen LogP contribution in [0, 0.1) is 0 Å². The molecule has 0 aliphatic heterocycles. The molecule has 1 aromatic heterocycles. The van der Waals surface area contributed by atoms with Crippen molar-refractivity contribution in [1.29, 1.82) is 0 Å². The molecule has 4 nitrogen and oxygen atoms in total. The maximum absolute atomic E-state index is 5.83. The molecule has 0 fully saturated rings. The van der Waals surface area contributed by atoms with E-state index in [9.17, 15) is 0 Å². The summed E-state index contributed by atoms with van der Waals surface area (Å²) in [6.45, 7) is 2.72. The molecule has 2 rings (SSSR count). The van der Waals surface area contributed by atoms with E-state index in [-0.39, 0.29) is 0 Å². The summed E-state index contributed by atoms with van der Waals surface area (Å²) in [6.07, 6.45) is 1.88. The second-order valence-corrected chi connectivity index (χ2v) is 4.36. The van der Waals surface area contributed by atoms with E-state index in [1.165, 1.54) is 0 Å². The number of nitrogens with two attached hydrogens (primary N) is 1. The Morgan fingerprint density at radius 3 is 2.65 bits per heavy atom. The van der Waals surface area contributed by atoms with Crippen LogP contribution in [0.5, 0.6) is 0 Å². The molecule has 2 N–H and O–H groups in total. The molecule has 0 aliphatic rings. The van der Waals surface area contributed by atoms with Crippen LogP contribution in [0.25, 0.3) is 0 Å². The standard InChI is InChI=1S/C12H15ClN4/c1-2-3-11-15-12(14)17(16-11)8-9-4-6-10(13)7-5-9/h4-7H,2-3,8H2,1H3,(H2,14,15,16). The number of hydrogen-bond donors (Lipinski definition) is 1. The van der Waals surface area contributed by atoms with Crippen molar-refractivity contribution in [2.45, 2.75) is 26.3 Å². The molecule has 0 amide bonds. The van der Waals surface area contributed by atoms with Crippen LogP contribution in [-0.2, 0) is 13.0 Å². The first-order chi connectivity index (χ1) is 8.19. The van der Waals surface area contributed by atoms with Crippen LogP contribution in [0.2, 0.25) is 5.02 Å². The summed E-state index contributed by atoms with van der Waals surface area (Å²) in [5, 5.41) is 5.09. The lowest BCUT2D eigenvalue weighted by Gasteiger charge is -2.02. The van der Waals surface area contributed by atoms with Gasteiger partial charge in [0.1, 0.15) is 0 Å². The minimum atomic E-state index is 0.461. The van der Waals surface area contributed by atoms with Crippen LogP contribution >= 0.6 is 11.6 Å². The molecule has 0 bridgehead atoms. The van der Waals surface area contributed by atoms with E-state index in [0.717, 1.165) is 29.3 Å². The Labute approximate surface area is 105 Å². The van der Waals surface area contributed by atoms with E-state index in [1.54, 1.807) is 4.68 Å². The molecule has 0 radical (unpaired) electrons. The predicted molar refractivity (Wildman–Crippen MR) is 69.0 cm³/mol. The molecule has 17 heavy (non-hydrogen) atoms. The van der Waals surface area contributed by atoms with Gasteiger partial charge in [0.2, 0.25) is 5.95 Å². The molecule has 2 aromatic rings. The number of anilines is 1. The number of aromatic nitrogens is 3. The Balaban J connectivity index is 2.15. The van der Waals surface area contributed by atoms with Gasteiger partial charge in [0.25, 0.3) is 0 Å². The highest BCUT2D eigenvalue weighted by molar-refractivity contribution is 6.30. The number of aryl methyl sites for hydroxylation is 1. The van der Waals surface area contributed by atoms with Gasteiger partial charge in [0.05, 0.1) is 6.54 Å². The van der Waals surface area contributed by atoms with Gasteiger partial charge in [0, 0.05) is 11.4 Å². The molecular formula is C12H15ClN4. The van der Waals surface area contributed by atoms with Gasteiger partial charge in [-0.15, -0.1) is 0 Å². The Morgan fingerprint density at radius 2 is 2.00 bits per heavy atom. The van der Waals surface area contributed by atoms with Crippen LogP contribution in [-0.4, -0.2) is 14.8 Å². The van der Waals surface area contributed by atoms with E-state index in [1.807, 2.05) is 24.3 Å². The van der Waals surface area contributed by atoms with Gasteiger partial charge in [-0.1, -0.05) is 30.7 Å². The minimum absolute atomic E-state index is 0.461. The molecule has 0 saturated carbocycles. The van der Waals surface area contributed by atoms with E-state index in [2.05, 4.69) is 17.0 Å². The first-order valence-corrected chi connectivity index (χ1v) is 6.00. The van der Waals surface area contributed by atoms with E-state index in [4.69, 9.17) is 17.3 Å². The lowest BCUT2D eigenvalue weighted by atomic mass is 10.2. The summed E-state index contributed by atoms with van der Waals surface area (Å²) < 4.78 is 1.72. The Hall–Kier alpha value is -1.55. The maximum atomic E-state index is 5.83. The average molecular weight is 251 g/mol. The molecule has 0 spiro atoms. The average Bonchev–Trinajstić information content (AvgIpc) is 2.63. The van der Waals surface area contributed by atoms with Gasteiger partial charge >= 0.3 is 0 Å². The zero-order valence-corrected chi connectivity index (χ0v) is 10.5. The highest BCUT2D eigenvalue weighted by atomic mass is 35.5. The number of nitrogens with zero attached hydrogens (tertiary/aromatic N) is 3. The fourth-order valence-corrected chi connectivity index (χ4v) is 1.74. The summed E-state index contributed by atoms with van der Waals surface area (Å²) in [7, 11) is 0. The lowest BCUT2D eigenvalue weighted by Crippen LogP contribution is -2.06. The number of rotatable bonds is 4. The van der Waals surface area contributed by atoms with Gasteiger partial charge < -0.3 is 5.73 Å². The first-order valence-electron chi connectivity index (χ1n) is 5.62. The third-order valence-electron chi connectivity index (χ3n) is 2.46. The molecule has 90 valence electrons. The van der Waals surface area contributed by atoms with Crippen molar-refractivity contribution in [1.82, 2.24) is 14.8 Å². The molecular weight excluding hydrogens is 236 g/mol. The largest absolute Gasteiger partial charge is 0.368 e. The molecule has 5 heteroatoms. The van der Waals surface area contributed by atoms with Crippen LogP contribution in [0.1, 0.15) is 24.7 Å². The quantitative estimate of drug-likeness (QED) is 0.907. The highest BCUT2D eigenvalue weighted by Crippen LogP contribution is 2.12. The zero-order chi connectivity index (χ0) is 12.3. The van der Waals surface area contributed by atoms with Crippen LogP contribution in [0.15, 0.2) is 24.3 Å². The number of hydrogen-bond acceptors (Lipinski definition) is 3. The topological polar surface area (TPSA) is 56.7 Å². The third kappa shape index (κ3) is 2.97. The van der Waals surface area contributed by atoms with Crippen molar-refractivity contribution in [3.8, 4) is 0 Å². The Morgan fingerprint density at radius 1 is 1.29 bits per heavy atom. The smallest absolute Gasteiger partial charge is 0.219 e. The molecule has 0 aliphatic carbocycles. The highest BCUT2D eigenvalue weighted by Gasteiger charge is 2.06. The van der Waals surface area contributed by atoms with Gasteiger partial charge in [-0.3, -0.25) is 0 Å². The summed E-state index contributed by atoms with van der Waals surface area (Å²) in [5.41, 5.74) is 6.92. The molecule has 1 heterocycles. The molecule has 0 atom stereocenters. The van der Waals surface area contributed by atoms with Crippen molar-refractivity contribution >= 4 is 17.5 Å². The minimum Gasteiger partial charge on any atom is -0.368 e. The Kier molecular flexibility index (Phi) is 3.64. The van der Waals surface area contributed by atoms with Gasteiger partial charge in [-0.05, 0) is 24.1 Å². The van der Waals surface area contributed by atoms with Crippen molar-refractivity contribution in [3.63, 3.8) is 0 Å². The summed E-state index contributed by atoms with van der Waals surface area (Å²) >= 11 is 5.83. The second kappa shape index (κ2) is 5.19. The summed E-state index contributed by atoms with van der Waals surface area (Å²) in [6, 6.07) is 7.64. The molecule has 1 aromatic carbocycles. The second-order valence-electron chi connectivity index (χ2n) is 3.92. The van der Waals surface area contributed by atoms with Crippen molar-refractivity contribution in [2.24, 2.45) is 0 Å². The van der Waals surface area contributed by atoms with Gasteiger partial charge in [-0.25, -0.2) is 4.68 Å². The predicted octanol–water partition coefficient (Wildman–Crippen LogP) is 2.51. The van der Waals surface area contributed by atoms with Crippen LogP contribution < -0.4 is 5.73 Å². The monoisotopic (exact) mass is 250 g/mol. The van der Waals surface area contributed by atoms with Crippen LogP contribution in [0.3, 0.4) is 0 Å². The van der Waals surface area contributed by atoms with E-state index < -0.39 is 0 Å². The lowest BCUT2D eigenvalue weighted by molar-refractivity contribution is 0.676. The SMILES string of the molecule is CCCc1nc(N)n(Cc2ccc(Cl)cc2)n1. The third-order valence-corrected chi connectivity index (χ3v) is 2.72. The van der Waals surface area contributed by atoms with Crippen molar-refractivity contribution < 1.29 is 0 Å². The fraction of sp³-hybridized carbons (Fsp3) is 0.333. The maximum Gasteiger partial charge on any atom is 0.219 e. The van der Waals surface area contributed by atoms with E-state index >= 15 is 0 Å². The fourth-order valence-electron chi connectivity index (χ4n) is 1.61. The Bertz CT molecular complexity index is 490. The number of nitrogen functional groups attached to an aromatic ring is 1. The summed E-state index contributed by atoms with van der Waals surface area (Å²) in [5.74, 6) is 1.27. The van der Waals surface area contributed by atoms with Gasteiger partial charge in [-0.2, -0.15) is 10.1 Å². The van der Waals surface area contributed by atoms with Crippen molar-refractivity contribution in [3.05, 3.63) is 40.7 Å². The first kappa shape index (κ1) is 11.9. The molecule has 0 saturated heterocycles. The zero-order valence-electron chi connectivity index (χ0n) is 9.73. The van der Waals surface area contributed by atoms with E-state index in [0.29, 0.717) is 12.5 Å².